The molecule has 0 saturated heterocycles. The minimum atomic E-state index is -0.962. The van der Waals surface area contributed by atoms with Gasteiger partial charge in [-0.1, -0.05) is 36.8 Å². The van der Waals surface area contributed by atoms with E-state index in [1.165, 1.54) is 5.57 Å². The highest BCUT2D eigenvalue weighted by Gasteiger charge is 2.43. The van der Waals surface area contributed by atoms with Gasteiger partial charge in [-0.3, -0.25) is 0 Å². The minimum absolute atomic E-state index is 0.136. The zero-order valence-electron chi connectivity index (χ0n) is 15.2. The number of allylic oxidation sites excluding steroid dienone is 3. The lowest BCUT2D eigenvalue weighted by molar-refractivity contribution is 0.0285. The van der Waals surface area contributed by atoms with E-state index in [0.29, 0.717) is 17.9 Å². The third kappa shape index (κ3) is 2.60. The summed E-state index contributed by atoms with van der Waals surface area (Å²) in [5.74, 6) is 0.319. The van der Waals surface area contributed by atoms with Crippen molar-refractivity contribution in [1.82, 2.24) is 9.55 Å². The monoisotopic (exact) mass is 345 g/mol. The molecule has 0 radical (unpaired) electrons. The number of hydrogen-bond acceptors (Lipinski definition) is 3. The van der Waals surface area contributed by atoms with Gasteiger partial charge in [-0.15, -0.1) is 0 Å². The molecule has 1 aromatic heterocycles. The lowest BCUT2D eigenvalue weighted by Crippen LogP contribution is -2.39. The van der Waals surface area contributed by atoms with E-state index >= 15 is 0 Å². The second kappa shape index (κ2) is 6.26. The van der Waals surface area contributed by atoms with Gasteiger partial charge in [0.05, 0.1) is 35.9 Å². The van der Waals surface area contributed by atoms with Crippen LogP contribution in [0.25, 0.3) is 0 Å². The molecule has 4 rings (SSSR count). The molecular weight excluding hydrogens is 322 g/mol. The number of benzene rings is 1. The molecule has 1 N–H and O–H groups in total. The van der Waals surface area contributed by atoms with Crippen LogP contribution < -0.4 is 0 Å². The van der Waals surface area contributed by atoms with Crippen molar-refractivity contribution in [3.05, 3.63) is 76.9 Å². The van der Waals surface area contributed by atoms with Crippen LogP contribution in [-0.4, -0.2) is 14.7 Å². The van der Waals surface area contributed by atoms with Crippen LogP contribution in [0.15, 0.2) is 60.1 Å². The number of nitriles is 1. The van der Waals surface area contributed by atoms with E-state index < -0.39 is 5.60 Å². The van der Waals surface area contributed by atoms with Crippen LogP contribution in [0, 0.1) is 17.2 Å². The number of hydrogen-bond donors (Lipinski definition) is 1. The molecule has 2 aromatic rings. The maximum atomic E-state index is 11.6. The Bertz CT molecular complexity index is 929. The highest BCUT2D eigenvalue weighted by atomic mass is 16.3. The summed E-state index contributed by atoms with van der Waals surface area (Å²) in [6.07, 6.45) is 10.3. The van der Waals surface area contributed by atoms with Crippen LogP contribution in [0.1, 0.15) is 56.0 Å². The topological polar surface area (TPSA) is 61.8 Å². The van der Waals surface area contributed by atoms with Crippen molar-refractivity contribution in [2.24, 2.45) is 5.92 Å². The fourth-order valence-electron chi connectivity index (χ4n) is 4.49. The summed E-state index contributed by atoms with van der Waals surface area (Å²) in [7, 11) is 0. The molecule has 0 bridgehead atoms. The molecule has 0 amide bonds. The number of imidazole rings is 1. The molecule has 4 nitrogen and oxygen atoms in total. The van der Waals surface area contributed by atoms with Gasteiger partial charge < -0.3 is 9.67 Å². The van der Waals surface area contributed by atoms with Gasteiger partial charge in [-0.2, -0.15) is 5.26 Å². The predicted octanol–water partition coefficient (Wildman–Crippen LogP) is 4.24. The molecular formula is C22H23N3O. The summed E-state index contributed by atoms with van der Waals surface area (Å²) >= 11 is 0. The molecule has 0 spiro atoms. The Morgan fingerprint density at radius 2 is 2.04 bits per heavy atom. The van der Waals surface area contributed by atoms with E-state index in [4.69, 9.17) is 5.26 Å². The molecule has 1 aliphatic heterocycles. The molecule has 132 valence electrons. The Labute approximate surface area is 154 Å². The Balaban J connectivity index is 1.74. The normalized spacial score (nSPS) is 27.9. The zero-order valence-corrected chi connectivity index (χ0v) is 15.2. The third-order valence-corrected chi connectivity index (χ3v) is 5.81. The Kier molecular flexibility index (Phi) is 4.05. The summed E-state index contributed by atoms with van der Waals surface area (Å²) in [6, 6.07) is 10.0. The van der Waals surface area contributed by atoms with Gasteiger partial charge in [-0.05, 0) is 55.4 Å². The van der Waals surface area contributed by atoms with E-state index in [0.717, 1.165) is 29.7 Å². The van der Waals surface area contributed by atoms with Crippen molar-refractivity contribution in [2.45, 2.75) is 44.8 Å². The van der Waals surface area contributed by atoms with Gasteiger partial charge in [0.1, 0.15) is 5.60 Å². The van der Waals surface area contributed by atoms with E-state index in [-0.39, 0.29) is 6.04 Å². The van der Waals surface area contributed by atoms with Crippen molar-refractivity contribution in [1.29, 1.82) is 5.26 Å². The molecule has 4 heteroatoms. The molecule has 1 aromatic carbocycles. The van der Waals surface area contributed by atoms with Crippen LogP contribution in [0.5, 0.6) is 0 Å². The molecule has 0 fully saturated rings. The SMILES string of the molecule is CC1=CC=C(C2(O)CCC(c3ccc(C#N)cc3)n3cncc32)C(C)C1. The first-order valence-electron chi connectivity index (χ1n) is 9.15. The highest BCUT2D eigenvalue weighted by molar-refractivity contribution is 5.39. The van der Waals surface area contributed by atoms with Crippen molar-refractivity contribution in [3.8, 4) is 6.07 Å². The van der Waals surface area contributed by atoms with Gasteiger partial charge in [-0.25, -0.2) is 4.98 Å². The maximum Gasteiger partial charge on any atom is 0.128 e. The first kappa shape index (κ1) is 16.8. The molecule has 1 aliphatic carbocycles. The summed E-state index contributed by atoms with van der Waals surface area (Å²) < 4.78 is 2.10. The first-order chi connectivity index (χ1) is 12.5. The molecule has 26 heavy (non-hydrogen) atoms. The Morgan fingerprint density at radius 1 is 1.27 bits per heavy atom. The van der Waals surface area contributed by atoms with Crippen LogP contribution >= 0.6 is 0 Å². The molecule has 2 heterocycles. The predicted molar refractivity (Wildman–Crippen MR) is 100 cm³/mol. The molecule has 3 unspecified atom stereocenters. The smallest absolute Gasteiger partial charge is 0.128 e. The van der Waals surface area contributed by atoms with E-state index in [1.807, 2.05) is 30.6 Å². The second-order valence-electron chi connectivity index (χ2n) is 7.57. The standard InChI is InChI=1S/C22H23N3O/c1-15-3-8-19(16(2)11-15)22(26)10-9-20(25-14-24-13-21(22)25)18-6-4-17(12-23)5-7-18/h3-8,13-14,16,20,26H,9-11H2,1-2H3. The van der Waals surface area contributed by atoms with Crippen LogP contribution in [0.2, 0.25) is 0 Å². The number of rotatable bonds is 2. The van der Waals surface area contributed by atoms with Gasteiger partial charge in [0.2, 0.25) is 0 Å². The molecule has 3 atom stereocenters. The van der Waals surface area contributed by atoms with Crippen molar-refractivity contribution in [2.75, 3.05) is 0 Å². The fraction of sp³-hybridized carbons (Fsp3) is 0.364. The second-order valence-corrected chi connectivity index (χ2v) is 7.57. The lowest BCUT2D eigenvalue weighted by Gasteiger charge is -2.42. The average Bonchev–Trinajstić information content (AvgIpc) is 3.13. The maximum absolute atomic E-state index is 11.6. The minimum Gasteiger partial charge on any atom is -0.379 e. The summed E-state index contributed by atoms with van der Waals surface area (Å²) in [4.78, 5) is 4.35. The lowest BCUT2D eigenvalue weighted by atomic mass is 9.73. The summed E-state index contributed by atoms with van der Waals surface area (Å²) in [5, 5.41) is 20.6. The van der Waals surface area contributed by atoms with E-state index in [9.17, 15) is 5.11 Å². The fourth-order valence-corrected chi connectivity index (χ4v) is 4.49. The Hall–Kier alpha value is -2.64. The van der Waals surface area contributed by atoms with E-state index in [2.05, 4.69) is 41.6 Å². The van der Waals surface area contributed by atoms with Crippen molar-refractivity contribution >= 4 is 0 Å². The van der Waals surface area contributed by atoms with E-state index in [1.54, 1.807) is 6.20 Å². The van der Waals surface area contributed by atoms with Gasteiger partial charge in [0.25, 0.3) is 0 Å². The summed E-state index contributed by atoms with van der Waals surface area (Å²) in [5.41, 5.74) is 4.15. The van der Waals surface area contributed by atoms with Crippen molar-refractivity contribution < 1.29 is 5.11 Å². The van der Waals surface area contributed by atoms with Gasteiger partial charge in [0.15, 0.2) is 0 Å². The van der Waals surface area contributed by atoms with Crippen molar-refractivity contribution in [3.63, 3.8) is 0 Å². The average molecular weight is 345 g/mol. The number of aliphatic hydroxyl groups is 1. The first-order valence-corrected chi connectivity index (χ1v) is 9.15. The molecule has 2 aliphatic rings. The third-order valence-electron chi connectivity index (χ3n) is 5.81. The quantitative estimate of drug-likeness (QED) is 0.885. The number of fused-ring (bicyclic) bond motifs is 1. The Morgan fingerprint density at radius 3 is 2.73 bits per heavy atom. The van der Waals surface area contributed by atoms with Gasteiger partial charge >= 0.3 is 0 Å². The zero-order chi connectivity index (χ0) is 18.3. The number of nitrogens with zero attached hydrogens (tertiary/aromatic N) is 3. The largest absolute Gasteiger partial charge is 0.379 e. The summed E-state index contributed by atoms with van der Waals surface area (Å²) in [6.45, 7) is 4.33. The highest BCUT2D eigenvalue weighted by Crippen LogP contribution is 2.47. The van der Waals surface area contributed by atoms with Gasteiger partial charge in [0, 0.05) is 0 Å². The van der Waals surface area contributed by atoms with Crippen LogP contribution in [-0.2, 0) is 5.60 Å². The van der Waals surface area contributed by atoms with Crippen LogP contribution in [0.4, 0.5) is 0 Å². The van der Waals surface area contributed by atoms with Crippen LogP contribution in [0.3, 0.4) is 0 Å². The molecule has 0 saturated carbocycles. The number of aromatic nitrogens is 2.